The summed E-state index contributed by atoms with van der Waals surface area (Å²) in [5, 5.41) is 11.1. The first-order chi connectivity index (χ1) is 8.81. The molecule has 0 radical (unpaired) electrons. The van der Waals surface area contributed by atoms with E-state index in [0.717, 1.165) is 45.6 Å². The van der Waals surface area contributed by atoms with Gasteiger partial charge in [0.05, 0.1) is 12.7 Å². The standard InChI is InChI=1S/C12H21N5O/c1-2-6-17-11(9-14-15-17)12(18)10-16-7-3-4-13-5-8-16/h9,13H,2-8,10H2,1H3. The third-order valence-corrected chi connectivity index (χ3v) is 3.14. The molecule has 1 aliphatic rings. The van der Waals surface area contributed by atoms with Crippen molar-refractivity contribution in [3.63, 3.8) is 0 Å². The molecular formula is C12H21N5O. The minimum absolute atomic E-state index is 0.121. The van der Waals surface area contributed by atoms with Gasteiger partial charge >= 0.3 is 0 Å². The number of nitrogens with one attached hydrogen (secondary N) is 1. The number of ketones is 1. The second-order valence-electron chi connectivity index (χ2n) is 4.65. The number of aromatic nitrogens is 3. The number of carbonyl (C=O) groups is 1. The van der Waals surface area contributed by atoms with Gasteiger partial charge in [0, 0.05) is 19.6 Å². The molecule has 0 spiro atoms. The van der Waals surface area contributed by atoms with Gasteiger partial charge in [-0.25, -0.2) is 4.68 Å². The summed E-state index contributed by atoms with van der Waals surface area (Å²) in [6.45, 7) is 7.20. The van der Waals surface area contributed by atoms with Crippen LogP contribution in [0.3, 0.4) is 0 Å². The number of hydrogen-bond acceptors (Lipinski definition) is 5. The summed E-state index contributed by atoms with van der Waals surface area (Å²) in [6.07, 6.45) is 3.63. The second-order valence-corrected chi connectivity index (χ2v) is 4.65. The Balaban J connectivity index is 1.95. The highest BCUT2D eigenvalue weighted by atomic mass is 16.1. The lowest BCUT2D eigenvalue weighted by molar-refractivity contribution is 0.0924. The molecule has 1 aromatic heterocycles. The van der Waals surface area contributed by atoms with Gasteiger partial charge < -0.3 is 5.32 Å². The van der Waals surface area contributed by atoms with E-state index in [1.807, 2.05) is 0 Å². The Morgan fingerprint density at radius 1 is 1.44 bits per heavy atom. The molecule has 0 saturated carbocycles. The van der Waals surface area contributed by atoms with Gasteiger partial charge in [0.2, 0.25) is 0 Å². The van der Waals surface area contributed by atoms with E-state index in [-0.39, 0.29) is 5.78 Å². The maximum absolute atomic E-state index is 12.2. The van der Waals surface area contributed by atoms with Gasteiger partial charge in [-0.15, -0.1) is 5.10 Å². The fourth-order valence-electron chi connectivity index (χ4n) is 2.19. The minimum atomic E-state index is 0.121. The van der Waals surface area contributed by atoms with Gasteiger partial charge in [-0.3, -0.25) is 9.69 Å². The molecule has 1 fully saturated rings. The van der Waals surface area contributed by atoms with Gasteiger partial charge in [0.15, 0.2) is 5.78 Å². The van der Waals surface area contributed by atoms with Crippen LogP contribution in [-0.2, 0) is 6.54 Å². The number of Topliss-reactive ketones (excluding diaryl/α,β-unsaturated/α-hetero) is 1. The fraction of sp³-hybridized carbons (Fsp3) is 0.750. The predicted molar refractivity (Wildman–Crippen MR) is 68.6 cm³/mol. The SMILES string of the molecule is CCCn1nncc1C(=O)CN1CCCNCC1. The molecule has 1 aromatic rings. The summed E-state index contributed by atoms with van der Waals surface area (Å²) in [4.78, 5) is 14.4. The van der Waals surface area contributed by atoms with E-state index in [4.69, 9.17) is 0 Å². The molecule has 1 aliphatic heterocycles. The zero-order valence-electron chi connectivity index (χ0n) is 10.9. The van der Waals surface area contributed by atoms with Gasteiger partial charge in [-0.2, -0.15) is 0 Å². The molecule has 6 nitrogen and oxygen atoms in total. The number of aryl methyl sites for hydroxylation is 1. The summed E-state index contributed by atoms with van der Waals surface area (Å²) >= 11 is 0. The normalized spacial score (nSPS) is 17.6. The molecule has 0 aromatic carbocycles. The molecule has 2 rings (SSSR count). The molecule has 2 heterocycles. The fourth-order valence-corrected chi connectivity index (χ4v) is 2.19. The molecule has 0 amide bonds. The summed E-state index contributed by atoms with van der Waals surface area (Å²) < 4.78 is 1.71. The lowest BCUT2D eigenvalue weighted by atomic mass is 10.2. The largest absolute Gasteiger partial charge is 0.315 e. The van der Waals surface area contributed by atoms with Crippen molar-refractivity contribution in [2.24, 2.45) is 0 Å². The van der Waals surface area contributed by atoms with E-state index in [1.54, 1.807) is 10.9 Å². The maximum Gasteiger partial charge on any atom is 0.196 e. The van der Waals surface area contributed by atoms with Crippen LogP contribution in [0.25, 0.3) is 0 Å². The van der Waals surface area contributed by atoms with Crippen molar-refractivity contribution in [3.05, 3.63) is 11.9 Å². The van der Waals surface area contributed by atoms with Gasteiger partial charge in [0.25, 0.3) is 0 Å². The molecule has 1 saturated heterocycles. The zero-order chi connectivity index (χ0) is 12.8. The molecule has 0 unspecified atom stereocenters. The second kappa shape index (κ2) is 6.61. The van der Waals surface area contributed by atoms with Crippen molar-refractivity contribution in [2.45, 2.75) is 26.3 Å². The zero-order valence-corrected chi connectivity index (χ0v) is 10.9. The number of rotatable bonds is 5. The Morgan fingerprint density at radius 2 is 2.33 bits per heavy atom. The van der Waals surface area contributed by atoms with Crippen LogP contribution in [0, 0.1) is 0 Å². The van der Waals surface area contributed by atoms with Crippen LogP contribution in [-0.4, -0.2) is 58.4 Å². The predicted octanol–water partition coefficient (Wildman–Crippen LogP) is 0.166. The molecule has 1 N–H and O–H groups in total. The Labute approximate surface area is 107 Å². The van der Waals surface area contributed by atoms with Crippen LogP contribution in [0.5, 0.6) is 0 Å². The molecule has 0 bridgehead atoms. The summed E-state index contributed by atoms with van der Waals surface area (Å²) in [7, 11) is 0. The van der Waals surface area contributed by atoms with Crippen molar-refractivity contribution in [2.75, 3.05) is 32.7 Å². The maximum atomic E-state index is 12.2. The van der Waals surface area contributed by atoms with E-state index in [0.29, 0.717) is 12.2 Å². The van der Waals surface area contributed by atoms with Crippen molar-refractivity contribution in [1.82, 2.24) is 25.2 Å². The van der Waals surface area contributed by atoms with Crippen molar-refractivity contribution in [1.29, 1.82) is 0 Å². The van der Waals surface area contributed by atoms with Crippen molar-refractivity contribution >= 4 is 5.78 Å². The van der Waals surface area contributed by atoms with Gasteiger partial charge in [0.1, 0.15) is 5.69 Å². The van der Waals surface area contributed by atoms with E-state index in [2.05, 4.69) is 27.5 Å². The number of nitrogens with zero attached hydrogens (tertiary/aromatic N) is 4. The molecule has 18 heavy (non-hydrogen) atoms. The minimum Gasteiger partial charge on any atom is -0.315 e. The average molecular weight is 251 g/mol. The first-order valence-electron chi connectivity index (χ1n) is 6.66. The van der Waals surface area contributed by atoms with Crippen molar-refractivity contribution in [3.8, 4) is 0 Å². The van der Waals surface area contributed by atoms with E-state index < -0.39 is 0 Å². The highest BCUT2D eigenvalue weighted by molar-refractivity contribution is 5.95. The number of carbonyl (C=O) groups excluding carboxylic acids is 1. The van der Waals surface area contributed by atoms with Crippen LogP contribution < -0.4 is 5.32 Å². The Bertz CT molecular complexity index is 382. The molecule has 0 atom stereocenters. The first-order valence-corrected chi connectivity index (χ1v) is 6.66. The summed E-state index contributed by atoms with van der Waals surface area (Å²) in [5.74, 6) is 0.121. The highest BCUT2D eigenvalue weighted by Gasteiger charge is 2.17. The Hall–Kier alpha value is -1.27. The van der Waals surface area contributed by atoms with Crippen molar-refractivity contribution < 1.29 is 4.79 Å². The van der Waals surface area contributed by atoms with E-state index in [9.17, 15) is 4.79 Å². The lowest BCUT2D eigenvalue weighted by Gasteiger charge is -2.18. The van der Waals surface area contributed by atoms with Crippen LogP contribution in [0.2, 0.25) is 0 Å². The monoisotopic (exact) mass is 251 g/mol. The van der Waals surface area contributed by atoms with Gasteiger partial charge in [-0.1, -0.05) is 12.1 Å². The molecule has 6 heteroatoms. The smallest absolute Gasteiger partial charge is 0.196 e. The van der Waals surface area contributed by atoms with Crippen LogP contribution in [0.15, 0.2) is 6.20 Å². The van der Waals surface area contributed by atoms with Crippen LogP contribution >= 0.6 is 0 Å². The average Bonchev–Trinajstić information content (AvgIpc) is 2.67. The molecule has 0 aliphatic carbocycles. The van der Waals surface area contributed by atoms with Crippen LogP contribution in [0.4, 0.5) is 0 Å². The highest BCUT2D eigenvalue weighted by Crippen LogP contribution is 2.03. The van der Waals surface area contributed by atoms with E-state index in [1.165, 1.54) is 0 Å². The van der Waals surface area contributed by atoms with Gasteiger partial charge in [-0.05, 0) is 25.9 Å². The van der Waals surface area contributed by atoms with Crippen LogP contribution in [0.1, 0.15) is 30.3 Å². The first kappa shape index (κ1) is 13.2. The summed E-state index contributed by atoms with van der Waals surface area (Å²) in [5.41, 5.74) is 0.633. The van der Waals surface area contributed by atoms with E-state index >= 15 is 0 Å². The molecular weight excluding hydrogens is 230 g/mol. The number of hydrogen-bond donors (Lipinski definition) is 1. The Morgan fingerprint density at radius 3 is 3.17 bits per heavy atom. The quantitative estimate of drug-likeness (QED) is 0.756. The molecule has 100 valence electrons. The third-order valence-electron chi connectivity index (χ3n) is 3.14. The topological polar surface area (TPSA) is 63.1 Å². The summed E-state index contributed by atoms with van der Waals surface area (Å²) in [6, 6.07) is 0. The lowest BCUT2D eigenvalue weighted by Crippen LogP contribution is -2.33. The Kier molecular flexibility index (Phi) is 4.83. The third kappa shape index (κ3) is 3.36.